The summed E-state index contributed by atoms with van der Waals surface area (Å²) in [6.07, 6.45) is 2.52. The maximum absolute atomic E-state index is 8.21. The van der Waals surface area contributed by atoms with Crippen LogP contribution in [0, 0.1) is 5.92 Å². The van der Waals surface area contributed by atoms with Crippen molar-refractivity contribution in [2.75, 3.05) is 6.61 Å². The van der Waals surface area contributed by atoms with Gasteiger partial charge in [0.1, 0.15) is 0 Å². The van der Waals surface area contributed by atoms with E-state index in [-0.39, 0.29) is 56.9 Å². The molecule has 0 radical (unpaired) electrons. The maximum atomic E-state index is 8.21. The first-order valence-corrected chi connectivity index (χ1v) is 2.04. The molecule has 1 aliphatic carbocycles. The van der Waals surface area contributed by atoms with Crippen LogP contribution < -0.4 is 51.4 Å². The monoisotopic (exact) mass is 128 g/mol. The van der Waals surface area contributed by atoms with Crippen LogP contribution in [-0.4, -0.2) is 17.2 Å². The molecule has 2 N–H and O–H groups in total. The van der Waals surface area contributed by atoms with E-state index in [0.717, 1.165) is 0 Å². The molecule has 1 aliphatic rings. The Morgan fingerprint density at radius 2 is 1.86 bits per heavy atom. The zero-order valence-electron chi connectivity index (χ0n) is 4.59. The average molecular weight is 128 g/mol. The van der Waals surface area contributed by atoms with Crippen LogP contribution in [0.3, 0.4) is 0 Å². The van der Waals surface area contributed by atoms with Gasteiger partial charge in [0.15, 0.2) is 0 Å². The summed E-state index contributed by atoms with van der Waals surface area (Å²) in [5.41, 5.74) is 0. The Kier molecular flexibility index (Phi) is 9.24. The predicted molar refractivity (Wildman–Crippen MR) is 21.7 cm³/mol. The van der Waals surface area contributed by atoms with E-state index in [2.05, 4.69) is 0 Å². The molecule has 0 bridgehead atoms. The Hall–Kier alpha value is 1.56. The van der Waals surface area contributed by atoms with E-state index in [4.69, 9.17) is 5.11 Å². The second-order valence-electron chi connectivity index (χ2n) is 1.63. The van der Waals surface area contributed by atoms with Gasteiger partial charge in [0.25, 0.3) is 0 Å². The van der Waals surface area contributed by atoms with Crippen molar-refractivity contribution in [2.24, 2.45) is 5.92 Å². The first-order chi connectivity index (χ1) is 2.43. The Labute approximate surface area is 86.0 Å². The molecule has 0 aromatic heterocycles. The first-order valence-electron chi connectivity index (χ1n) is 2.04. The summed E-state index contributed by atoms with van der Waals surface area (Å²) in [5, 5.41) is 8.21. The van der Waals surface area contributed by atoms with E-state index in [1.165, 1.54) is 12.8 Å². The maximum Gasteiger partial charge on any atom is 1.00 e. The topological polar surface area (TPSA) is 50.2 Å². The van der Waals surface area contributed by atoms with E-state index < -0.39 is 0 Å². The molecule has 0 unspecified atom stereocenters. The zero-order valence-corrected chi connectivity index (χ0v) is 7.72. The fourth-order valence-electron chi connectivity index (χ4n) is 0.300. The molecule has 1 saturated carbocycles. The fraction of sp³-hybridized carbons (Fsp3) is 1.00. The van der Waals surface area contributed by atoms with Gasteiger partial charge in [-0.2, -0.15) is 0 Å². The summed E-state index contributed by atoms with van der Waals surface area (Å²) in [6, 6.07) is 0. The molecule has 0 heterocycles. The van der Waals surface area contributed by atoms with Gasteiger partial charge in [-0.1, -0.05) is 0 Å². The third-order valence-corrected chi connectivity index (χ3v) is 0.955. The van der Waals surface area contributed by atoms with Gasteiger partial charge in [0.2, 0.25) is 0 Å². The van der Waals surface area contributed by atoms with Crippen molar-refractivity contribution in [1.29, 1.82) is 0 Å². The van der Waals surface area contributed by atoms with Gasteiger partial charge in [0, 0.05) is 6.61 Å². The van der Waals surface area contributed by atoms with Crippen LogP contribution in [0.15, 0.2) is 0 Å². The molecule has 1 fully saturated rings. The van der Waals surface area contributed by atoms with Crippen molar-refractivity contribution in [2.45, 2.75) is 12.8 Å². The van der Waals surface area contributed by atoms with Crippen LogP contribution in [0.25, 0.3) is 0 Å². The first kappa shape index (κ1) is 11.4. The van der Waals surface area contributed by atoms with E-state index in [0.29, 0.717) is 12.5 Å². The van der Waals surface area contributed by atoms with Gasteiger partial charge in [-0.3, -0.25) is 0 Å². The molecule has 2 nitrogen and oxygen atoms in total. The zero-order chi connectivity index (χ0) is 3.70. The standard InChI is InChI=1S/C4H8O.K.H2O/c5-3-4-1-2-4;;/h4-5H,1-3H2;;1H2/q;+1;/p-1. The molecule has 38 valence electrons. The van der Waals surface area contributed by atoms with Gasteiger partial charge in [-0.05, 0) is 18.8 Å². The second-order valence-corrected chi connectivity index (χ2v) is 1.63. The molecule has 0 spiro atoms. The molecule has 0 atom stereocenters. The van der Waals surface area contributed by atoms with Gasteiger partial charge in [0.05, 0.1) is 0 Å². The van der Waals surface area contributed by atoms with E-state index in [9.17, 15) is 0 Å². The molecule has 3 heteroatoms. The molecular weight excluding hydrogens is 119 g/mol. The number of aliphatic hydroxyl groups is 1. The molecule has 0 amide bonds. The summed E-state index contributed by atoms with van der Waals surface area (Å²) in [6.45, 7) is 0.417. The van der Waals surface area contributed by atoms with Gasteiger partial charge in [-0.15, -0.1) is 0 Å². The molecule has 0 aromatic rings. The van der Waals surface area contributed by atoms with E-state index >= 15 is 0 Å². The minimum atomic E-state index is 0. The third-order valence-electron chi connectivity index (χ3n) is 0.955. The van der Waals surface area contributed by atoms with Crippen LogP contribution >= 0.6 is 0 Å². The summed E-state index contributed by atoms with van der Waals surface area (Å²) in [5.74, 6) is 0.690. The van der Waals surface area contributed by atoms with Crippen LogP contribution in [0.2, 0.25) is 0 Å². The minimum absolute atomic E-state index is 0. The number of hydrogen-bond acceptors (Lipinski definition) is 2. The van der Waals surface area contributed by atoms with Crippen molar-refractivity contribution in [3.63, 3.8) is 0 Å². The summed E-state index contributed by atoms with van der Waals surface area (Å²) in [4.78, 5) is 0. The molecule has 1 rings (SSSR count). The van der Waals surface area contributed by atoms with E-state index in [1.54, 1.807) is 0 Å². The quantitative estimate of drug-likeness (QED) is 0.388. The molecule has 0 aliphatic heterocycles. The average Bonchev–Trinajstić information content (AvgIpc) is 2.12. The van der Waals surface area contributed by atoms with Crippen LogP contribution in [0.4, 0.5) is 0 Å². The molecule has 0 saturated heterocycles. The van der Waals surface area contributed by atoms with Crippen molar-refractivity contribution < 1.29 is 62.0 Å². The van der Waals surface area contributed by atoms with Gasteiger partial charge >= 0.3 is 51.4 Å². The summed E-state index contributed by atoms with van der Waals surface area (Å²) in [7, 11) is 0. The van der Waals surface area contributed by atoms with Crippen LogP contribution in [-0.2, 0) is 0 Å². The third kappa shape index (κ3) is 5.43. The Morgan fingerprint density at radius 3 is 1.86 bits per heavy atom. The van der Waals surface area contributed by atoms with Crippen molar-refractivity contribution in [3.8, 4) is 0 Å². The summed E-state index contributed by atoms with van der Waals surface area (Å²) < 4.78 is 0. The largest absolute Gasteiger partial charge is 1.00 e. The minimum Gasteiger partial charge on any atom is -0.870 e. The number of rotatable bonds is 1. The van der Waals surface area contributed by atoms with Crippen LogP contribution in [0.1, 0.15) is 12.8 Å². The van der Waals surface area contributed by atoms with Gasteiger partial charge < -0.3 is 10.6 Å². The van der Waals surface area contributed by atoms with E-state index in [1.807, 2.05) is 0 Å². The fourth-order valence-corrected chi connectivity index (χ4v) is 0.300. The summed E-state index contributed by atoms with van der Waals surface area (Å²) >= 11 is 0. The number of hydrogen-bond donors (Lipinski definition) is 1. The Balaban J connectivity index is 0. The molecule has 0 aromatic carbocycles. The Morgan fingerprint density at radius 1 is 1.43 bits per heavy atom. The SMILES string of the molecule is OCC1CC1.[K+].[OH-]. The van der Waals surface area contributed by atoms with Crippen LogP contribution in [0.5, 0.6) is 0 Å². The van der Waals surface area contributed by atoms with Crippen molar-refractivity contribution >= 4 is 0 Å². The van der Waals surface area contributed by atoms with Crippen molar-refractivity contribution in [1.82, 2.24) is 0 Å². The second kappa shape index (κ2) is 5.69. The Bertz CT molecular complexity index is 36.7. The number of aliphatic hydroxyl groups excluding tert-OH is 1. The molecular formula is C4H9KO2. The molecule has 7 heavy (non-hydrogen) atoms. The van der Waals surface area contributed by atoms with Gasteiger partial charge in [-0.25, -0.2) is 0 Å². The predicted octanol–water partition coefficient (Wildman–Crippen LogP) is -2.78. The normalized spacial score (nSPS) is 16.7. The van der Waals surface area contributed by atoms with Crippen molar-refractivity contribution in [3.05, 3.63) is 0 Å². The smallest absolute Gasteiger partial charge is 0.870 e.